The molecular formula is C12H22BrN3. The first kappa shape index (κ1) is 13.7. The van der Waals surface area contributed by atoms with Gasteiger partial charge in [-0.3, -0.25) is 4.68 Å². The van der Waals surface area contributed by atoms with Crippen LogP contribution in [-0.2, 0) is 7.05 Å². The fourth-order valence-corrected chi connectivity index (χ4v) is 2.88. The number of aryl methyl sites for hydroxylation is 1. The van der Waals surface area contributed by atoms with Crippen molar-refractivity contribution >= 4 is 15.9 Å². The van der Waals surface area contributed by atoms with Crippen molar-refractivity contribution in [2.24, 2.45) is 18.7 Å². The molecule has 0 aliphatic carbocycles. The van der Waals surface area contributed by atoms with Gasteiger partial charge in [-0.2, -0.15) is 5.10 Å². The molecule has 2 N–H and O–H groups in total. The molecule has 0 aliphatic heterocycles. The zero-order valence-corrected chi connectivity index (χ0v) is 12.0. The van der Waals surface area contributed by atoms with Gasteiger partial charge in [0.1, 0.15) is 0 Å². The first-order valence-corrected chi connectivity index (χ1v) is 6.84. The fourth-order valence-electron chi connectivity index (χ4n) is 2.26. The van der Waals surface area contributed by atoms with Gasteiger partial charge in [-0.05, 0) is 34.7 Å². The molecule has 0 bridgehead atoms. The van der Waals surface area contributed by atoms with E-state index in [9.17, 15) is 0 Å². The molecule has 1 rings (SSSR count). The molecule has 0 aliphatic rings. The van der Waals surface area contributed by atoms with E-state index >= 15 is 0 Å². The third-order valence-corrected chi connectivity index (χ3v) is 3.69. The van der Waals surface area contributed by atoms with E-state index < -0.39 is 0 Å². The molecule has 1 atom stereocenters. The van der Waals surface area contributed by atoms with Crippen molar-refractivity contribution in [3.05, 3.63) is 16.4 Å². The van der Waals surface area contributed by atoms with Crippen LogP contribution in [-0.4, -0.2) is 9.78 Å². The van der Waals surface area contributed by atoms with E-state index in [-0.39, 0.29) is 6.04 Å². The molecule has 1 unspecified atom stereocenters. The van der Waals surface area contributed by atoms with E-state index in [0.717, 1.165) is 10.2 Å². The number of nitrogens with zero attached hydrogens (tertiary/aromatic N) is 2. The summed E-state index contributed by atoms with van der Waals surface area (Å²) < 4.78 is 2.91. The Morgan fingerprint density at radius 2 is 1.94 bits per heavy atom. The number of halogens is 1. The van der Waals surface area contributed by atoms with E-state index in [2.05, 4.69) is 34.9 Å². The maximum Gasteiger partial charge on any atom is 0.0692 e. The Kier molecular flexibility index (Phi) is 5.49. The summed E-state index contributed by atoms with van der Waals surface area (Å²) in [4.78, 5) is 0. The standard InChI is InChI=1S/C12H22BrN3/c1-4-6-9(7-5-2)11(14)12-10(13)8-15-16(12)3/h8-9,11H,4-7,14H2,1-3H3. The van der Waals surface area contributed by atoms with Crippen molar-refractivity contribution in [3.8, 4) is 0 Å². The van der Waals surface area contributed by atoms with Crippen LogP contribution in [0.2, 0.25) is 0 Å². The molecule has 0 saturated heterocycles. The largest absolute Gasteiger partial charge is 0.322 e. The number of hydrogen-bond acceptors (Lipinski definition) is 2. The van der Waals surface area contributed by atoms with E-state index in [0.29, 0.717) is 5.92 Å². The molecule has 0 spiro atoms. The summed E-state index contributed by atoms with van der Waals surface area (Å²) in [6.45, 7) is 4.43. The second-order valence-corrected chi connectivity index (χ2v) is 5.22. The number of aromatic nitrogens is 2. The van der Waals surface area contributed by atoms with Crippen molar-refractivity contribution in [1.29, 1.82) is 0 Å². The first-order chi connectivity index (χ1) is 7.61. The molecule has 0 fully saturated rings. The highest BCUT2D eigenvalue weighted by atomic mass is 79.9. The minimum absolute atomic E-state index is 0.0850. The molecule has 16 heavy (non-hydrogen) atoms. The van der Waals surface area contributed by atoms with Gasteiger partial charge < -0.3 is 5.73 Å². The van der Waals surface area contributed by atoms with Crippen LogP contribution in [0.15, 0.2) is 10.7 Å². The van der Waals surface area contributed by atoms with Gasteiger partial charge in [0.05, 0.1) is 22.4 Å². The van der Waals surface area contributed by atoms with Crippen molar-refractivity contribution in [2.45, 2.75) is 45.6 Å². The van der Waals surface area contributed by atoms with Crippen LogP contribution in [0.25, 0.3) is 0 Å². The average molecular weight is 288 g/mol. The predicted octanol–water partition coefficient (Wildman–Crippen LogP) is 3.40. The normalized spacial score (nSPS) is 13.4. The van der Waals surface area contributed by atoms with Gasteiger partial charge in [0, 0.05) is 7.05 Å². The Labute approximate surface area is 107 Å². The molecular weight excluding hydrogens is 266 g/mol. The summed E-state index contributed by atoms with van der Waals surface area (Å²) in [5, 5.41) is 4.23. The Morgan fingerprint density at radius 1 is 1.38 bits per heavy atom. The van der Waals surface area contributed by atoms with E-state index in [1.165, 1.54) is 25.7 Å². The van der Waals surface area contributed by atoms with Crippen LogP contribution in [0.3, 0.4) is 0 Å². The highest BCUT2D eigenvalue weighted by Crippen LogP contribution is 2.31. The van der Waals surface area contributed by atoms with Crippen molar-refractivity contribution in [2.75, 3.05) is 0 Å². The average Bonchev–Trinajstić information content (AvgIpc) is 2.57. The molecule has 0 amide bonds. The summed E-state index contributed by atoms with van der Waals surface area (Å²) in [6.07, 6.45) is 6.57. The van der Waals surface area contributed by atoms with Crippen LogP contribution >= 0.6 is 15.9 Å². The van der Waals surface area contributed by atoms with E-state index in [1.54, 1.807) is 0 Å². The summed E-state index contributed by atoms with van der Waals surface area (Å²) in [5.41, 5.74) is 7.48. The Hall–Kier alpha value is -0.350. The fraction of sp³-hybridized carbons (Fsp3) is 0.750. The van der Waals surface area contributed by atoms with Gasteiger partial charge in [0.15, 0.2) is 0 Å². The van der Waals surface area contributed by atoms with Crippen LogP contribution in [0.1, 0.15) is 51.3 Å². The molecule has 3 nitrogen and oxygen atoms in total. The minimum Gasteiger partial charge on any atom is -0.322 e. The molecule has 1 aromatic rings. The quantitative estimate of drug-likeness (QED) is 0.872. The summed E-state index contributed by atoms with van der Waals surface area (Å²) in [6, 6.07) is 0.0850. The predicted molar refractivity (Wildman–Crippen MR) is 71.1 cm³/mol. The van der Waals surface area contributed by atoms with E-state index in [1.807, 2.05) is 17.9 Å². The highest BCUT2D eigenvalue weighted by Gasteiger charge is 2.22. The molecule has 0 aromatic carbocycles. The summed E-state index contributed by atoms with van der Waals surface area (Å²) in [7, 11) is 1.95. The number of nitrogens with two attached hydrogens (primary N) is 1. The molecule has 0 saturated carbocycles. The highest BCUT2D eigenvalue weighted by molar-refractivity contribution is 9.10. The SMILES string of the molecule is CCCC(CCC)C(N)c1c(Br)cnn1C. The Bertz CT molecular complexity index is 297. The van der Waals surface area contributed by atoms with Crippen molar-refractivity contribution in [1.82, 2.24) is 9.78 Å². The second-order valence-electron chi connectivity index (χ2n) is 4.36. The molecule has 92 valence electrons. The lowest BCUT2D eigenvalue weighted by Crippen LogP contribution is -2.24. The lowest BCUT2D eigenvalue weighted by molar-refractivity contribution is 0.355. The monoisotopic (exact) mass is 287 g/mol. The van der Waals surface area contributed by atoms with Gasteiger partial charge in [0.25, 0.3) is 0 Å². The van der Waals surface area contributed by atoms with Crippen LogP contribution in [0.5, 0.6) is 0 Å². The van der Waals surface area contributed by atoms with Gasteiger partial charge >= 0.3 is 0 Å². The van der Waals surface area contributed by atoms with Gasteiger partial charge in [-0.1, -0.05) is 26.7 Å². The number of hydrogen-bond donors (Lipinski definition) is 1. The van der Waals surface area contributed by atoms with Gasteiger partial charge in [-0.25, -0.2) is 0 Å². The van der Waals surface area contributed by atoms with E-state index in [4.69, 9.17) is 5.73 Å². The lowest BCUT2D eigenvalue weighted by Gasteiger charge is -2.23. The topological polar surface area (TPSA) is 43.8 Å². The Morgan fingerprint density at radius 3 is 2.31 bits per heavy atom. The second kappa shape index (κ2) is 6.40. The molecule has 4 heteroatoms. The zero-order valence-electron chi connectivity index (χ0n) is 10.4. The first-order valence-electron chi connectivity index (χ1n) is 6.04. The van der Waals surface area contributed by atoms with Crippen LogP contribution < -0.4 is 5.73 Å². The third kappa shape index (κ3) is 3.08. The third-order valence-electron chi connectivity index (χ3n) is 3.08. The smallest absolute Gasteiger partial charge is 0.0692 e. The minimum atomic E-state index is 0.0850. The molecule has 1 aromatic heterocycles. The lowest BCUT2D eigenvalue weighted by atomic mass is 9.89. The van der Waals surface area contributed by atoms with Gasteiger partial charge in [-0.15, -0.1) is 0 Å². The maximum absolute atomic E-state index is 6.37. The summed E-state index contributed by atoms with van der Waals surface area (Å²) >= 11 is 3.52. The molecule has 1 heterocycles. The van der Waals surface area contributed by atoms with Crippen LogP contribution in [0, 0.1) is 5.92 Å². The van der Waals surface area contributed by atoms with Crippen molar-refractivity contribution < 1.29 is 0 Å². The Balaban J connectivity index is 2.84. The number of rotatable bonds is 6. The zero-order chi connectivity index (χ0) is 12.1. The van der Waals surface area contributed by atoms with Crippen molar-refractivity contribution in [3.63, 3.8) is 0 Å². The van der Waals surface area contributed by atoms with Gasteiger partial charge in [0.2, 0.25) is 0 Å². The maximum atomic E-state index is 6.37. The van der Waals surface area contributed by atoms with Crippen LogP contribution in [0.4, 0.5) is 0 Å². The molecule has 0 radical (unpaired) electrons. The summed E-state index contributed by atoms with van der Waals surface area (Å²) in [5.74, 6) is 0.557.